The highest BCUT2D eigenvalue weighted by atomic mass is 16.5. The Hall–Kier alpha value is -1.20. The molecule has 0 radical (unpaired) electrons. The van der Waals surface area contributed by atoms with Crippen molar-refractivity contribution in [3.63, 3.8) is 0 Å². The van der Waals surface area contributed by atoms with E-state index in [1.54, 1.807) is 18.6 Å². The molecule has 2 unspecified atom stereocenters. The SMILES string of the molecule is CC(Nc1cnccn1)C1CN(C)CCO1. The third-order valence-electron chi connectivity index (χ3n) is 2.79. The highest BCUT2D eigenvalue weighted by molar-refractivity contribution is 5.31. The maximum atomic E-state index is 5.73. The van der Waals surface area contributed by atoms with E-state index in [0.29, 0.717) is 0 Å². The zero-order valence-electron chi connectivity index (χ0n) is 9.76. The van der Waals surface area contributed by atoms with Gasteiger partial charge < -0.3 is 15.0 Å². The molecule has 5 nitrogen and oxygen atoms in total. The van der Waals surface area contributed by atoms with Crippen molar-refractivity contribution in [1.82, 2.24) is 14.9 Å². The van der Waals surface area contributed by atoms with E-state index < -0.39 is 0 Å². The summed E-state index contributed by atoms with van der Waals surface area (Å²) in [4.78, 5) is 10.5. The molecule has 2 atom stereocenters. The summed E-state index contributed by atoms with van der Waals surface area (Å²) < 4.78 is 5.73. The second kappa shape index (κ2) is 5.23. The smallest absolute Gasteiger partial charge is 0.144 e. The number of likely N-dealkylation sites (N-methyl/N-ethyl adjacent to an activating group) is 1. The van der Waals surface area contributed by atoms with Gasteiger partial charge >= 0.3 is 0 Å². The van der Waals surface area contributed by atoms with Gasteiger partial charge in [0.15, 0.2) is 0 Å². The van der Waals surface area contributed by atoms with Crippen LogP contribution >= 0.6 is 0 Å². The van der Waals surface area contributed by atoms with E-state index in [9.17, 15) is 0 Å². The minimum atomic E-state index is 0.209. The Labute approximate surface area is 95.8 Å². The second-order valence-corrected chi connectivity index (χ2v) is 4.20. The molecular formula is C11H18N4O. The van der Waals surface area contributed by atoms with Gasteiger partial charge in [-0.25, -0.2) is 4.98 Å². The van der Waals surface area contributed by atoms with E-state index in [4.69, 9.17) is 4.74 Å². The van der Waals surface area contributed by atoms with Gasteiger partial charge in [0.05, 0.1) is 24.9 Å². The number of rotatable bonds is 3. The van der Waals surface area contributed by atoms with Crippen LogP contribution in [0.5, 0.6) is 0 Å². The van der Waals surface area contributed by atoms with Crippen molar-refractivity contribution in [1.29, 1.82) is 0 Å². The first kappa shape index (κ1) is 11.3. The molecule has 1 fully saturated rings. The Morgan fingerprint density at radius 2 is 2.44 bits per heavy atom. The number of hydrogen-bond donors (Lipinski definition) is 1. The van der Waals surface area contributed by atoms with Crippen LogP contribution in [0.25, 0.3) is 0 Å². The van der Waals surface area contributed by atoms with Crippen LogP contribution in [0.15, 0.2) is 18.6 Å². The zero-order valence-corrected chi connectivity index (χ0v) is 9.76. The number of aromatic nitrogens is 2. The molecule has 88 valence electrons. The summed E-state index contributed by atoms with van der Waals surface area (Å²) in [5.41, 5.74) is 0. The van der Waals surface area contributed by atoms with E-state index in [-0.39, 0.29) is 12.1 Å². The lowest BCUT2D eigenvalue weighted by molar-refractivity contribution is -0.0260. The molecule has 5 heteroatoms. The number of hydrogen-bond acceptors (Lipinski definition) is 5. The lowest BCUT2D eigenvalue weighted by atomic mass is 10.1. The minimum Gasteiger partial charge on any atom is -0.373 e. The van der Waals surface area contributed by atoms with Gasteiger partial charge in [0.2, 0.25) is 0 Å². The van der Waals surface area contributed by atoms with Gasteiger partial charge in [0.1, 0.15) is 5.82 Å². The van der Waals surface area contributed by atoms with Crippen molar-refractivity contribution in [3.05, 3.63) is 18.6 Å². The van der Waals surface area contributed by atoms with Crippen LogP contribution < -0.4 is 5.32 Å². The average molecular weight is 222 g/mol. The van der Waals surface area contributed by atoms with Gasteiger partial charge in [-0.3, -0.25) is 4.98 Å². The van der Waals surface area contributed by atoms with Crippen LogP contribution in [0.4, 0.5) is 5.82 Å². The maximum Gasteiger partial charge on any atom is 0.144 e. The van der Waals surface area contributed by atoms with Gasteiger partial charge in [-0.15, -0.1) is 0 Å². The summed E-state index contributed by atoms with van der Waals surface area (Å²) in [7, 11) is 2.12. The molecular weight excluding hydrogens is 204 g/mol. The Morgan fingerprint density at radius 3 is 3.12 bits per heavy atom. The average Bonchev–Trinajstić information content (AvgIpc) is 2.30. The standard InChI is InChI=1S/C11H18N4O/c1-9(10-8-15(2)5-6-16-10)14-11-7-12-3-4-13-11/h3-4,7,9-10H,5-6,8H2,1-2H3,(H,13,14). The van der Waals surface area contributed by atoms with Crippen molar-refractivity contribution in [2.45, 2.75) is 19.1 Å². The van der Waals surface area contributed by atoms with E-state index in [1.807, 2.05) is 0 Å². The predicted octanol–water partition coefficient (Wildman–Crippen LogP) is 0.608. The molecule has 1 saturated heterocycles. The molecule has 1 aliphatic rings. The number of anilines is 1. The fourth-order valence-corrected chi connectivity index (χ4v) is 1.81. The molecule has 1 N–H and O–H groups in total. The largest absolute Gasteiger partial charge is 0.373 e. The van der Waals surface area contributed by atoms with E-state index in [1.165, 1.54) is 0 Å². The van der Waals surface area contributed by atoms with E-state index in [0.717, 1.165) is 25.5 Å². The predicted molar refractivity (Wildman–Crippen MR) is 62.4 cm³/mol. The molecule has 2 rings (SSSR count). The third-order valence-corrected chi connectivity index (χ3v) is 2.79. The Kier molecular flexibility index (Phi) is 3.69. The molecule has 1 aromatic heterocycles. The lowest BCUT2D eigenvalue weighted by Gasteiger charge is -2.34. The van der Waals surface area contributed by atoms with E-state index in [2.05, 4.69) is 34.2 Å². The molecule has 0 saturated carbocycles. The van der Waals surface area contributed by atoms with Crippen molar-refractivity contribution in [2.75, 3.05) is 32.1 Å². The fraction of sp³-hybridized carbons (Fsp3) is 0.636. The summed E-state index contributed by atoms with van der Waals surface area (Å²) in [6.45, 7) is 4.87. The van der Waals surface area contributed by atoms with Crippen LogP contribution in [0.3, 0.4) is 0 Å². The van der Waals surface area contributed by atoms with Crippen LogP contribution in [0.2, 0.25) is 0 Å². The van der Waals surface area contributed by atoms with Gasteiger partial charge in [0.25, 0.3) is 0 Å². The minimum absolute atomic E-state index is 0.209. The Morgan fingerprint density at radius 1 is 1.56 bits per heavy atom. The topological polar surface area (TPSA) is 50.3 Å². The van der Waals surface area contributed by atoms with Crippen molar-refractivity contribution >= 4 is 5.82 Å². The first-order chi connectivity index (χ1) is 7.75. The first-order valence-electron chi connectivity index (χ1n) is 5.58. The number of morpholine rings is 1. The zero-order chi connectivity index (χ0) is 11.4. The third kappa shape index (κ3) is 2.90. The molecule has 1 aliphatic heterocycles. The molecule has 0 amide bonds. The highest BCUT2D eigenvalue weighted by Gasteiger charge is 2.23. The highest BCUT2D eigenvalue weighted by Crippen LogP contribution is 2.11. The molecule has 16 heavy (non-hydrogen) atoms. The Balaban J connectivity index is 1.90. The molecule has 2 heterocycles. The summed E-state index contributed by atoms with van der Waals surface area (Å²) in [5, 5.41) is 3.31. The van der Waals surface area contributed by atoms with Crippen molar-refractivity contribution in [3.8, 4) is 0 Å². The van der Waals surface area contributed by atoms with E-state index >= 15 is 0 Å². The number of ether oxygens (including phenoxy) is 1. The molecule has 0 aliphatic carbocycles. The summed E-state index contributed by atoms with van der Waals surface area (Å²) >= 11 is 0. The van der Waals surface area contributed by atoms with Gasteiger partial charge in [-0.1, -0.05) is 0 Å². The molecule has 1 aromatic rings. The normalized spacial score (nSPS) is 24.0. The lowest BCUT2D eigenvalue weighted by Crippen LogP contribution is -2.47. The summed E-state index contributed by atoms with van der Waals surface area (Å²) in [6.07, 6.45) is 5.29. The molecule has 0 bridgehead atoms. The quantitative estimate of drug-likeness (QED) is 0.812. The van der Waals surface area contributed by atoms with Crippen LogP contribution in [-0.4, -0.2) is 53.8 Å². The Bertz CT molecular complexity index is 319. The monoisotopic (exact) mass is 222 g/mol. The van der Waals surface area contributed by atoms with Crippen LogP contribution in [0.1, 0.15) is 6.92 Å². The summed E-state index contributed by atoms with van der Waals surface area (Å²) in [5.74, 6) is 0.798. The fourth-order valence-electron chi connectivity index (χ4n) is 1.81. The van der Waals surface area contributed by atoms with Crippen molar-refractivity contribution in [2.24, 2.45) is 0 Å². The number of nitrogens with one attached hydrogen (secondary N) is 1. The summed E-state index contributed by atoms with van der Waals surface area (Å²) in [6, 6.07) is 0.236. The number of nitrogens with zero attached hydrogens (tertiary/aromatic N) is 3. The van der Waals surface area contributed by atoms with Crippen LogP contribution in [-0.2, 0) is 4.74 Å². The van der Waals surface area contributed by atoms with Gasteiger partial charge in [-0.2, -0.15) is 0 Å². The van der Waals surface area contributed by atoms with Crippen molar-refractivity contribution < 1.29 is 4.74 Å². The second-order valence-electron chi connectivity index (χ2n) is 4.20. The maximum absolute atomic E-state index is 5.73. The van der Waals surface area contributed by atoms with Gasteiger partial charge in [-0.05, 0) is 14.0 Å². The van der Waals surface area contributed by atoms with Crippen LogP contribution in [0, 0.1) is 0 Å². The molecule has 0 spiro atoms. The molecule has 0 aromatic carbocycles. The van der Waals surface area contributed by atoms with Gasteiger partial charge in [0, 0.05) is 25.5 Å². The first-order valence-corrected chi connectivity index (χ1v) is 5.58.